The van der Waals surface area contributed by atoms with E-state index in [1.54, 1.807) is 0 Å². The first-order valence-corrected chi connectivity index (χ1v) is 7.69. The molecule has 1 aromatic rings. The van der Waals surface area contributed by atoms with Crippen LogP contribution < -0.4 is 5.32 Å². The van der Waals surface area contributed by atoms with Gasteiger partial charge >= 0.3 is 0 Å². The molecule has 1 fully saturated rings. The molecule has 1 aromatic heterocycles. The third-order valence-corrected chi connectivity index (χ3v) is 5.00. The van der Waals surface area contributed by atoms with Crippen molar-refractivity contribution in [3.63, 3.8) is 0 Å². The van der Waals surface area contributed by atoms with Gasteiger partial charge in [-0.3, -0.25) is 10.00 Å². The predicted molar refractivity (Wildman–Crippen MR) is 78.8 cm³/mol. The highest BCUT2D eigenvalue weighted by Crippen LogP contribution is 2.40. The summed E-state index contributed by atoms with van der Waals surface area (Å²) in [5.41, 5.74) is 1.62. The number of aryl methyl sites for hydroxylation is 1. The first-order chi connectivity index (χ1) is 9.04. The molecule has 19 heavy (non-hydrogen) atoms. The van der Waals surface area contributed by atoms with Gasteiger partial charge in [-0.15, -0.1) is 0 Å². The molecule has 1 saturated carbocycles. The van der Waals surface area contributed by atoms with Crippen molar-refractivity contribution in [1.29, 1.82) is 5.26 Å². The lowest BCUT2D eigenvalue weighted by molar-refractivity contribution is 0.303. The molecule has 1 aliphatic carbocycles. The number of nitrogens with zero attached hydrogens (tertiary/aromatic N) is 3. The van der Waals surface area contributed by atoms with Crippen LogP contribution in [0.1, 0.15) is 37.6 Å². The second-order valence-corrected chi connectivity index (χ2v) is 6.22. The number of hydrogen-bond acceptors (Lipinski definition) is 3. The van der Waals surface area contributed by atoms with Gasteiger partial charge in [-0.25, -0.2) is 0 Å². The van der Waals surface area contributed by atoms with Gasteiger partial charge in [0.05, 0.1) is 22.8 Å². The van der Waals surface area contributed by atoms with E-state index in [1.807, 2.05) is 18.5 Å². The minimum absolute atomic E-state index is 0.460. The molecule has 0 aliphatic heterocycles. The molecule has 0 spiro atoms. The minimum Gasteiger partial charge on any atom is -0.298 e. The van der Waals surface area contributed by atoms with Crippen LogP contribution >= 0.6 is 15.9 Å². The molecule has 0 saturated heterocycles. The summed E-state index contributed by atoms with van der Waals surface area (Å²) in [7, 11) is 0. The summed E-state index contributed by atoms with van der Waals surface area (Å²) in [6.07, 6.45) is 3.33. The summed E-state index contributed by atoms with van der Waals surface area (Å²) >= 11 is 3.55. The Labute approximate surface area is 123 Å². The maximum atomic E-state index is 9.68. The molecule has 1 heterocycles. The van der Waals surface area contributed by atoms with Crippen LogP contribution in [0.2, 0.25) is 0 Å². The first kappa shape index (κ1) is 14.5. The van der Waals surface area contributed by atoms with Crippen molar-refractivity contribution in [2.45, 2.75) is 52.1 Å². The zero-order valence-corrected chi connectivity index (χ0v) is 13.4. The van der Waals surface area contributed by atoms with E-state index in [9.17, 15) is 5.26 Å². The summed E-state index contributed by atoms with van der Waals surface area (Å²) in [6.45, 7) is 7.66. The highest BCUT2D eigenvalue weighted by molar-refractivity contribution is 9.10. The number of nitriles is 1. The molecule has 0 aromatic carbocycles. The van der Waals surface area contributed by atoms with Crippen molar-refractivity contribution < 1.29 is 0 Å². The van der Waals surface area contributed by atoms with Gasteiger partial charge in [-0.2, -0.15) is 10.4 Å². The van der Waals surface area contributed by atoms with E-state index in [2.05, 4.69) is 39.3 Å². The fourth-order valence-corrected chi connectivity index (χ4v) is 2.77. The Morgan fingerprint density at radius 2 is 2.21 bits per heavy atom. The van der Waals surface area contributed by atoms with E-state index >= 15 is 0 Å². The summed E-state index contributed by atoms with van der Waals surface area (Å²) in [4.78, 5) is 0. The Morgan fingerprint density at radius 1 is 1.53 bits per heavy atom. The maximum absolute atomic E-state index is 9.68. The van der Waals surface area contributed by atoms with Crippen molar-refractivity contribution in [3.05, 3.63) is 15.9 Å². The number of nitrogens with one attached hydrogen (secondary N) is 1. The Morgan fingerprint density at radius 3 is 2.63 bits per heavy atom. The molecular formula is C14H21BrN4. The molecule has 1 aliphatic rings. The summed E-state index contributed by atoms with van der Waals surface area (Å²) in [6, 6.07) is 2.53. The summed E-state index contributed by atoms with van der Waals surface area (Å²) < 4.78 is 3.01. The van der Waals surface area contributed by atoms with Crippen molar-refractivity contribution in [1.82, 2.24) is 15.1 Å². The average Bonchev–Trinajstić information content (AvgIpc) is 3.22. The van der Waals surface area contributed by atoms with Gasteiger partial charge in [0.2, 0.25) is 0 Å². The van der Waals surface area contributed by atoms with Gasteiger partial charge in [0.15, 0.2) is 0 Å². The molecule has 0 radical (unpaired) electrons. The standard InChI is InChI=1S/C14H21BrN4/c1-4-7-17-14(8-16,12-5-6-12)9-19-11(3)13(15)10(2)18-19/h12,17H,4-7,9H2,1-3H3. The van der Waals surface area contributed by atoms with E-state index in [0.717, 1.165) is 41.7 Å². The smallest absolute Gasteiger partial charge is 0.129 e. The topological polar surface area (TPSA) is 53.6 Å². The van der Waals surface area contributed by atoms with Crippen LogP contribution in [-0.4, -0.2) is 21.9 Å². The average molecular weight is 325 g/mol. The van der Waals surface area contributed by atoms with Gasteiger partial charge in [0.1, 0.15) is 5.54 Å². The van der Waals surface area contributed by atoms with E-state index in [0.29, 0.717) is 12.5 Å². The zero-order valence-electron chi connectivity index (χ0n) is 11.8. The molecule has 0 amide bonds. The Bertz CT molecular complexity index is 498. The molecule has 1 N–H and O–H groups in total. The fourth-order valence-electron chi connectivity index (χ4n) is 2.48. The zero-order chi connectivity index (χ0) is 14.0. The SMILES string of the molecule is CCCNC(C#N)(Cn1nc(C)c(Br)c1C)C1CC1. The minimum atomic E-state index is -0.460. The third-order valence-electron chi connectivity index (χ3n) is 3.86. The van der Waals surface area contributed by atoms with Crippen LogP contribution in [0.15, 0.2) is 4.47 Å². The third kappa shape index (κ3) is 2.85. The highest BCUT2D eigenvalue weighted by atomic mass is 79.9. The van der Waals surface area contributed by atoms with Gasteiger partial charge in [0, 0.05) is 5.69 Å². The first-order valence-electron chi connectivity index (χ1n) is 6.90. The molecule has 1 unspecified atom stereocenters. The maximum Gasteiger partial charge on any atom is 0.129 e. The van der Waals surface area contributed by atoms with Crippen LogP contribution in [0.4, 0.5) is 0 Å². The lowest BCUT2D eigenvalue weighted by Gasteiger charge is -2.28. The van der Waals surface area contributed by atoms with Crippen LogP contribution in [0.5, 0.6) is 0 Å². The van der Waals surface area contributed by atoms with Crippen LogP contribution in [-0.2, 0) is 6.54 Å². The van der Waals surface area contributed by atoms with E-state index in [1.165, 1.54) is 0 Å². The molecular weight excluding hydrogens is 304 g/mol. The molecule has 0 bridgehead atoms. The predicted octanol–water partition coefficient (Wildman–Crippen LogP) is 2.93. The summed E-state index contributed by atoms with van der Waals surface area (Å²) in [5.74, 6) is 0.465. The van der Waals surface area contributed by atoms with Crippen molar-refractivity contribution in [2.24, 2.45) is 5.92 Å². The lowest BCUT2D eigenvalue weighted by Crippen LogP contribution is -2.50. The highest BCUT2D eigenvalue weighted by Gasteiger charge is 2.46. The second-order valence-electron chi connectivity index (χ2n) is 5.43. The van der Waals surface area contributed by atoms with E-state index in [4.69, 9.17) is 0 Å². The van der Waals surface area contributed by atoms with E-state index in [-0.39, 0.29) is 0 Å². The molecule has 2 rings (SSSR count). The van der Waals surface area contributed by atoms with Crippen LogP contribution in [0.25, 0.3) is 0 Å². The summed E-state index contributed by atoms with van der Waals surface area (Å²) in [5, 5.41) is 17.7. The number of hydrogen-bond donors (Lipinski definition) is 1. The number of rotatable bonds is 6. The Balaban J connectivity index is 2.24. The fraction of sp³-hybridized carbons (Fsp3) is 0.714. The molecule has 5 heteroatoms. The Kier molecular flexibility index (Phi) is 4.32. The number of aromatic nitrogens is 2. The van der Waals surface area contributed by atoms with Crippen LogP contribution in [0.3, 0.4) is 0 Å². The quantitative estimate of drug-likeness (QED) is 0.875. The van der Waals surface area contributed by atoms with Gasteiger partial charge in [-0.05, 0) is 61.5 Å². The van der Waals surface area contributed by atoms with Gasteiger partial charge in [-0.1, -0.05) is 6.92 Å². The molecule has 104 valence electrons. The van der Waals surface area contributed by atoms with Crippen molar-refractivity contribution >= 4 is 15.9 Å². The molecule has 1 atom stereocenters. The molecule has 4 nitrogen and oxygen atoms in total. The van der Waals surface area contributed by atoms with Crippen molar-refractivity contribution in [2.75, 3.05) is 6.54 Å². The van der Waals surface area contributed by atoms with Gasteiger partial charge < -0.3 is 0 Å². The van der Waals surface area contributed by atoms with E-state index < -0.39 is 5.54 Å². The second kappa shape index (κ2) is 5.64. The largest absolute Gasteiger partial charge is 0.298 e. The van der Waals surface area contributed by atoms with Gasteiger partial charge in [0.25, 0.3) is 0 Å². The lowest BCUT2D eigenvalue weighted by atomic mass is 9.94. The normalized spacial score (nSPS) is 18.1. The number of halogens is 1. The van der Waals surface area contributed by atoms with Crippen LogP contribution in [0, 0.1) is 31.1 Å². The Hall–Kier alpha value is -0.860. The monoisotopic (exact) mass is 324 g/mol. The van der Waals surface area contributed by atoms with Crippen molar-refractivity contribution in [3.8, 4) is 6.07 Å².